The molecule has 0 bridgehead atoms. The summed E-state index contributed by atoms with van der Waals surface area (Å²) >= 11 is 0. The van der Waals surface area contributed by atoms with Gasteiger partial charge in [0.1, 0.15) is 5.75 Å². The van der Waals surface area contributed by atoms with Crippen LogP contribution in [0.1, 0.15) is 49.0 Å². The number of piperidine rings is 1. The predicted molar refractivity (Wildman–Crippen MR) is 127 cm³/mol. The lowest BCUT2D eigenvalue weighted by Crippen LogP contribution is -2.42. The van der Waals surface area contributed by atoms with E-state index in [-0.39, 0.29) is 23.0 Å². The van der Waals surface area contributed by atoms with E-state index in [1.54, 1.807) is 37.3 Å². The second-order valence-electron chi connectivity index (χ2n) is 8.13. The van der Waals surface area contributed by atoms with Crippen LogP contribution >= 0.6 is 0 Å². The summed E-state index contributed by atoms with van der Waals surface area (Å²) in [6.45, 7) is 6.31. The zero-order valence-corrected chi connectivity index (χ0v) is 20.1. The molecule has 2 amide bonds. The van der Waals surface area contributed by atoms with Gasteiger partial charge in [0.25, 0.3) is 5.91 Å². The number of sulfonamides is 1. The first kappa shape index (κ1) is 24.7. The van der Waals surface area contributed by atoms with E-state index in [1.165, 1.54) is 16.4 Å². The highest BCUT2D eigenvalue weighted by atomic mass is 32.2. The van der Waals surface area contributed by atoms with E-state index in [4.69, 9.17) is 4.74 Å². The standard InChI is InChI=1S/C24H31N3O5S/c1-4-32-20-11-9-19(10-12-20)26-23(28)16-25-24(29)22-15-21(13-8-17(22)2)33(30,31)27-14-6-5-7-18(27)3/h8-13,15,18H,4-7,14,16H2,1-3H3,(H,25,29)(H,26,28). The van der Waals surface area contributed by atoms with Crippen LogP contribution < -0.4 is 15.4 Å². The molecule has 8 nitrogen and oxygen atoms in total. The second kappa shape index (κ2) is 10.8. The number of aryl methyl sites for hydroxylation is 1. The summed E-state index contributed by atoms with van der Waals surface area (Å²) in [4.78, 5) is 25.1. The number of rotatable bonds is 8. The van der Waals surface area contributed by atoms with Crippen LogP contribution in [0.5, 0.6) is 5.75 Å². The molecule has 0 saturated carbocycles. The molecule has 178 valence electrons. The number of nitrogens with one attached hydrogen (secondary N) is 2. The summed E-state index contributed by atoms with van der Waals surface area (Å²) in [5.74, 6) is -0.192. The minimum absolute atomic E-state index is 0.0753. The zero-order chi connectivity index (χ0) is 24.0. The molecule has 0 aliphatic carbocycles. The molecular formula is C24H31N3O5S. The highest BCUT2D eigenvalue weighted by molar-refractivity contribution is 7.89. The van der Waals surface area contributed by atoms with Crippen LogP contribution in [-0.2, 0) is 14.8 Å². The molecule has 33 heavy (non-hydrogen) atoms. The Bertz CT molecular complexity index is 1100. The van der Waals surface area contributed by atoms with Gasteiger partial charge in [0.15, 0.2) is 0 Å². The van der Waals surface area contributed by atoms with Crippen LogP contribution in [0.25, 0.3) is 0 Å². The van der Waals surface area contributed by atoms with Gasteiger partial charge in [-0.1, -0.05) is 12.5 Å². The van der Waals surface area contributed by atoms with Gasteiger partial charge in [-0.25, -0.2) is 8.42 Å². The molecule has 2 aromatic carbocycles. The normalized spacial score (nSPS) is 16.8. The van der Waals surface area contributed by atoms with Gasteiger partial charge in [0.05, 0.1) is 18.0 Å². The molecule has 1 atom stereocenters. The number of amides is 2. The monoisotopic (exact) mass is 473 g/mol. The number of carbonyl (C=O) groups excluding carboxylic acids is 2. The maximum absolute atomic E-state index is 13.1. The van der Waals surface area contributed by atoms with Crippen molar-refractivity contribution in [3.8, 4) is 5.75 Å². The number of hydrogen-bond donors (Lipinski definition) is 2. The summed E-state index contributed by atoms with van der Waals surface area (Å²) in [6, 6.07) is 11.4. The summed E-state index contributed by atoms with van der Waals surface area (Å²) < 4.78 is 33.2. The SMILES string of the molecule is CCOc1ccc(NC(=O)CNC(=O)c2cc(S(=O)(=O)N3CCCCC3C)ccc2C)cc1. The molecule has 0 spiro atoms. The third kappa shape index (κ3) is 6.11. The number of nitrogens with zero attached hydrogens (tertiary/aromatic N) is 1. The van der Waals surface area contributed by atoms with E-state index >= 15 is 0 Å². The number of ether oxygens (including phenoxy) is 1. The first-order chi connectivity index (χ1) is 15.7. The van der Waals surface area contributed by atoms with Gasteiger partial charge in [-0.15, -0.1) is 0 Å². The van der Waals surface area contributed by atoms with Crippen molar-refractivity contribution in [2.75, 3.05) is 25.0 Å². The smallest absolute Gasteiger partial charge is 0.252 e. The fourth-order valence-corrected chi connectivity index (χ4v) is 5.56. The van der Waals surface area contributed by atoms with Gasteiger partial charge >= 0.3 is 0 Å². The Morgan fingerprint density at radius 1 is 1.12 bits per heavy atom. The maximum Gasteiger partial charge on any atom is 0.252 e. The molecule has 3 rings (SSSR count). The summed E-state index contributed by atoms with van der Waals surface area (Å²) in [5, 5.41) is 5.28. The summed E-state index contributed by atoms with van der Waals surface area (Å²) in [6.07, 6.45) is 2.65. The Kier molecular flexibility index (Phi) is 8.10. The van der Waals surface area contributed by atoms with Gasteiger partial charge in [-0.3, -0.25) is 9.59 Å². The topological polar surface area (TPSA) is 105 Å². The van der Waals surface area contributed by atoms with Crippen molar-refractivity contribution >= 4 is 27.5 Å². The second-order valence-corrected chi connectivity index (χ2v) is 10.0. The lowest BCUT2D eigenvalue weighted by atomic mass is 10.1. The van der Waals surface area contributed by atoms with E-state index in [0.29, 0.717) is 30.2 Å². The Hall–Kier alpha value is -2.91. The van der Waals surface area contributed by atoms with Crippen LogP contribution in [0.3, 0.4) is 0 Å². The molecule has 1 fully saturated rings. The lowest BCUT2D eigenvalue weighted by molar-refractivity contribution is -0.115. The van der Waals surface area contributed by atoms with Crippen molar-refractivity contribution in [2.24, 2.45) is 0 Å². The average Bonchev–Trinajstić information content (AvgIpc) is 2.79. The highest BCUT2D eigenvalue weighted by Gasteiger charge is 2.31. The number of anilines is 1. The molecule has 1 unspecified atom stereocenters. The van der Waals surface area contributed by atoms with Crippen molar-refractivity contribution < 1.29 is 22.7 Å². The fourth-order valence-electron chi connectivity index (χ4n) is 3.83. The summed E-state index contributed by atoms with van der Waals surface area (Å²) in [5.41, 5.74) is 1.44. The maximum atomic E-state index is 13.1. The molecule has 1 aliphatic rings. The molecule has 1 heterocycles. The highest BCUT2D eigenvalue weighted by Crippen LogP contribution is 2.26. The van der Waals surface area contributed by atoms with Gasteiger partial charge in [0.2, 0.25) is 15.9 Å². The van der Waals surface area contributed by atoms with Crippen LogP contribution in [-0.4, -0.2) is 50.3 Å². The predicted octanol–water partition coefficient (Wildman–Crippen LogP) is 3.33. The molecule has 0 radical (unpaired) electrons. The van der Waals surface area contributed by atoms with E-state index in [2.05, 4.69) is 10.6 Å². The fraction of sp³-hybridized carbons (Fsp3) is 0.417. The molecule has 2 aromatic rings. The van der Waals surface area contributed by atoms with Crippen LogP contribution in [0, 0.1) is 6.92 Å². The van der Waals surface area contributed by atoms with Crippen LogP contribution in [0.15, 0.2) is 47.4 Å². The minimum Gasteiger partial charge on any atom is -0.494 e. The molecule has 9 heteroatoms. The van der Waals surface area contributed by atoms with Gasteiger partial charge in [-0.2, -0.15) is 4.31 Å². The number of benzene rings is 2. The molecular weight excluding hydrogens is 442 g/mol. The summed E-state index contributed by atoms with van der Waals surface area (Å²) in [7, 11) is -3.70. The number of carbonyl (C=O) groups is 2. The Morgan fingerprint density at radius 3 is 2.52 bits per heavy atom. The average molecular weight is 474 g/mol. The van der Waals surface area contributed by atoms with Crippen molar-refractivity contribution in [3.63, 3.8) is 0 Å². The lowest BCUT2D eigenvalue weighted by Gasteiger charge is -2.32. The first-order valence-corrected chi connectivity index (χ1v) is 12.6. The Labute approximate surface area is 195 Å². The third-order valence-electron chi connectivity index (χ3n) is 5.66. The third-order valence-corrected chi connectivity index (χ3v) is 7.67. The largest absolute Gasteiger partial charge is 0.494 e. The van der Waals surface area contributed by atoms with Gasteiger partial charge in [0, 0.05) is 23.8 Å². The zero-order valence-electron chi connectivity index (χ0n) is 19.3. The molecule has 2 N–H and O–H groups in total. The van der Waals surface area contributed by atoms with E-state index < -0.39 is 21.8 Å². The number of hydrogen-bond acceptors (Lipinski definition) is 5. The van der Waals surface area contributed by atoms with Gasteiger partial charge in [-0.05, 0) is 75.6 Å². The van der Waals surface area contributed by atoms with E-state index in [1.807, 2.05) is 13.8 Å². The van der Waals surface area contributed by atoms with Crippen LogP contribution in [0.2, 0.25) is 0 Å². The first-order valence-electron chi connectivity index (χ1n) is 11.2. The quantitative estimate of drug-likeness (QED) is 0.612. The van der Waals surface area contributed by atoms with Crippen LogP contribution in [0.4, 0.5) is 5.69 Å². The van der Waals surface area contributed by atoms with Crippen molar-refractivity contribution in [1.29, 1.82) is 0 Å². The Balaban J connectivity index is 1.65. The van der Waals surface area contributed by atoms with Gasteiger partial charge < -0.3 is 15.4 Å². The van der Waals surface area contributed by atoms with E-state index in [0.717, 1.165) is 19.3 Å². The van der Waals surface area contributed by atoms with Crippen molar-refractivity contribution in [2.45, 2.75) is 51.0 Å². The Morgan fingerprint density at radius 2 is 1.85 bits per heavy atom. The molecule has 1 aliphatic heterocycles. The van der Waals surface area contributed by atoms with Crippen molar-refractivity contribution in [3.05, 3.63) is 53.6 Å². The van der Waals surface area contributed by atoms with E-state index in [9.17, 15) is 18.0 Å². The molecule has 0 aromatic heterocycles. The minimum atomic E-state index is -3.70. The van der Waals surface area contributed by atoms with Crippen molar-refractivity contribution in [1.82, 2.24) is 9.62 Å². The molecule has 1 saturated heterocycles.